The van der Waals surface area contributed by atoms with Crippen molar-refractivity contribution in [3.63, 3.8) is 0 Å². The molecule has 1 fully saturated rings. The van der Waals surface area contributed by atoms with Crippen LogP contribution in [0, 0.1) is 0 Å². The average molecular weight is 255 g/mol. The summed E-state index contributed by atoms with van der Waals surface area (Å²) in [5.74, 6) is 0.801. The molecule has 0 saturated carbocycles. The highest BCUT2D eigenvalue weighted by atomic mass is 16.5. The SMILES string of the molecule is Oc1ccccc1-c1ccc(C2CCOCC2)nc1. The fraction of sp³-hybridized carbons (Fsp3) is 0.312. The quantitative estimate of drug-likeness (QED) is 0.894. The van der Waals surface area contributed by atoms with E-state index in [1.165, 1.54) is 0 Å². The van der Waals surface area contributed by atoms with Gasteiger partial charge in [-0.25, -0.2) is 0 Å². The van der Waals surface area contributed by atoms with Gasteiger partial charge in [-0.15, -0.1) is 0 Å². The molecule has 1 saturated heterocycles. The van der Waals surface area contributed by atoms with E-state index in [1.807, 2.05) is 30.5 Å². The maximum absolute atomic E-state index is 9.84. The van der Waals surface area contributed by atoms with Gasteiger partial charge in [0.05, 0.1) is 0 Å². The molecule has 0 bridgehead atoms. The van der Waals surface area contributed by atoms with Crippen LogP contribution in [0.5, 0.6) is 5.75 Å². The largest absolute Gasteiger partial charge is 0.507 e. The molecule has 19 heavy (non-hydrogen) atoms. The number of hydrogen-bond acceptors (Lipinski definition) is 3. The van der Waals surface area contributed by atoms with Crippen LogP contribution < -0.4 is 0 Å². The minimum Gasteiger partial charge on any atom is -0.507 e. The Labute approximate surface area is 112 Å². The summed E-state index contributed by atoms with van der Waals surface area (Å²) in [4.78, 5) is 4.55. The molecular formula is C16H17NO2. The molecule has 0 unspecified atom stereocenters. The lowest BCUT2D eigenvalue weighted by atomic mass is 9.95. The van der Waals surface area contributed by atoms with Crippen LogP contribution in [0.2, 0.25) is 0 Å². The first kappa shape index (κ1) is 12.2. The van der Waals surface area contributed by atoms with Gasteiger partial charge in [0.1, 0.15) is 5.75 Å². The van der Waals surface area contributed by atoms with Gasteiger partial charge in [-0.1, -0.05) is 24.3 Å². The summed E-state index contributed by atoms with van der Waals surface area (Å²) in [5, 5.41) is 9.84. The number of aromatic nitrogens is 1. The first-order valence-electron chi connectivity index (χ1n) is 6.66. The van der Waals surface area contributed by atoms with E-state index >= 15 is 0 Å². The van der Waals surface area contributed by atoms with Gasteiger partial charge in [0.25, 0.3) is 0 Å². The molecule has 0 amide bonds. The van der Waals surface area contributed by atoms with Crippen molar-refractivity contribution in [1.29, 1.82) is 0 Å². The van der Waals surface area contributed by atoms with Crippen molar-refractivity contribution in [3.8, 4) is 16.9 Å². The summed E-state index contributed by atoms with van der Waals surface area (Å²) in [7, 11) is 0. The van der Waals surface area contributed by atoms with Crippen molar-refractivity contribution in [3.05, 3.63) is 48.3 Å². The molecule has 0 aliphatic carbocycles. The van der Waals surface area contributed by atoms with Crippen molar-refractivity contribution in [1.82, 2.24) is 4.98 Å². The van der Waals surface area contributed by atoms with Crippen LogP contribution in [-0.4, -0.2) is 23.3 Å². The number of phenolic OH excluding ortho intramolecular Hbond substituents is 1. The number of phenols is 1. The molecule has 1 aliphatic rings. The number of rotatable bonds is 2. The Bertz CT molecular complexity index is 545. The third-order valence-electron chi connectivity index (χ3n) is 3.64. The molecule has 2 aromatic rings. The fourth-order valence-corrected chi connectivity index (χ4v) is 2.52. The van der Waals surface area contributed by atoms with Gasteiger partial charge in [0.2, 0.25) is 0 Å². The van der Waals surface area contributed by atoms with E-state index in [0.717, 1.165) is 42.9 Å². The van der Waals surface area contributed by atoms with Crippen molar-refractivity contribution in [2.24, 2.45) is 0 Å². The number of hydrogen-bond donors (Lipinski definition) is 1. The van der Waals surface area contributed by atoms with Crippen LogP contribution in [-0.2, 0) is 4.74 Å². The molecule has 1 aromatic carbocycles. The van der Waals surface area contributed by atoms with Crippen LogP contribution in [0.4, 0.5) is 0 Å². The standard InChI is InChI=1S/C16H17NO2/c18-16-4-2-1-3-14(16)13-5-6-15(17-11-13)12-7-9-19-10-8-12/h1-6,11-12,18H,7-10H2. The molecule has 1 N–H and O–H groups in total. The molecule has 1 aliphatic heterocycles. The van der Waals surface area contributed by atoms with Gasteiger partial charge in [0.15, 0.2) is 0 Å². The van der Waals surface area contributed by atoms with Gasteiger partial charge >= 0.3 is 0 Å². The molecule has 1 aromatic heterocycles. The molecule has 3 nitrogen and oxygen atoms in total. The second-order valence-electron chi connectivity index (χ2n) is 4.88. The highest BCUT2D eigenvalue weighted by molar-refractivity contribution is 5.69. The lowest BCUT2D eigenvalue weighted by molar-refractivity contribution is 0.0845. The van der Waals surface area contributed by atoms with E-state index in [1.54, 1.807) is 6.07 Å². The van der Waals surface area contributed by atoms with E-state index in [9.17, 15) is 5.11 Å². The first-order chi connectivity index (χ1) is 9.34. The van der Waals surface area contributed by atoms with E-state index in [4.69, 9.17) is 4.74 Å². The first-order valence-corrected chi connectivity index (χ1v) is 6.66. The van der Waals surface area contributed by atoms with Gasteiger partial charge in [-0.2, -0.15) is 0 Å². The number of pyridine rings is 1. The summed E-state index contributed by atoms with van der Waals surface area (Å²) in [6.07, 6.45) is 3.94. The van der Waals surface area contributed by atoms with E-state index < -0.39 is 0 Å². The number of benzene rings is 1. The van der Waals surface area contributed by atoms with Gasteiger partial charge in [-0.05, 0) is 25.0 Å². The zero-order valence-corrected chi connectivity index (χ0v) is 10.7. The Morgan fingerprint density at radius 2 is 1.84 bits per heavy atom. The molecule has 0 spiro atoms. The molecule has 98 valence electrons. The van der Waals surface area contributed by atoms with E-state index in [2.05, 4.69) is 11.1 Å². The minimum atomic E-state index is 0.295. The predicted molar refractivity (Wildman–Crippen MR) is 74.1 cm³/mol. The number of nitrogens with zero attached hydrogens (tertiary/aromatic N) is 1. The number of para-hydroxylation sites is 1. The van der Waals surface area contributed by atoms with Gasteiger partial charge in [-0.3, -0.25) is 4.98 Å². The molecule has 3 heteroatoms. The smallest absolute Gasteiger partial charge is 0.123 e. The fourth-order valence-electron chi connectivity index (χ4n) is 2.52. The lowest BCUT2D eigenvalue weighted by Crippen LogP contribution is -2.14. The molecule has 2 heterocycles. The summed E-state index contributed by atoms with van der Waals surface area (Å²) in [6.45, 7) is 1.65. The van der Waals surface area contributed by atoms with Crippen molar-refractivity contribution < 1.29 is 9.84 Å². The van der Waals surface area contributed by atoms with Crippen LogP contribution in [0.3, 0.4) is 0 Å². The topological polar surface area (TPSA) is 42.4 Å². The summed E-state index contributed by atoms with van der Waals surface area (Å²) in [6, 6.07) is 11.4. The van der Waals surface area contributed by atoms with E-state index in [0.29, 0.717) is 11.7 Å². The lowest BCUT2D eigenvalue weighted by Gasteiger charge is -2.21. The van der Waals surface area contributed by atoms with Crippen LogP contribution in [0.15, 0.2) is 42.6 Å². The van der Waals surface area contributed by atoms with Gasteiger partial charge in [0, 0.05) is 42.1 Å². The Morgan fingerprint density at radius 1 is 1.05 bits per heavy atom. The van der Waals surface area contributed by atoms with Crippen LogP contribution >= 0.6 is 0 Å². The molecule has 0 radical (unpaired) electrons. The Kier molecular flexibility index (Phi) is 3.47. The number of ether oxygens (including phenoxy) is 1. The average Bonchev–Trinajstić information content (AvgIpc) is 2.49. The van der Waals surface area contributed by atoms with Crippen molar-refractivity contribution in [2.45, 2.75) is 18.8 Å². The highest BCUT2D eigenvalue weighted by Gasteiger charge is 2.17. The second-order valence-corrected chi connectivity index (χ2v) is 4.88. The Balaban J connectivity index is 1.84. The monoisotopic (exact) mass is 255 g/mol. The predicted octanol–water partition coefficient (Wildman–Crippen LogP) is 3.35. The van der Waals surface area contributed by atoms with E-state index in [-0.39, 0.29) is 0 Å². The zero-order chi connectivity index (χ0) is 13.1. The summed E-state index contributed by atoms with van der Waals surface area (Å²) in [5.41, 5.74) is 2.91. The molecule has 3 rings (SSSR count). The Hall–Kier alpha value is -1.87. The van der Waals surface area contributed by atoms with Crippen LogP contribution in [0.1, 0.15) is 24.5 Å². The number of aromatic hydroxyl groups is 1. The van der Waals surface area contributed by atoms with Gasteiger partial charge < -0.3 is 9.84 Å². The maximum atomic E-state index is 9.84. The van der Waals surface area contributed by atoms with Crippen molar-refractivity contribution >= 4 is 0 Å². The summed E-state index contributed by atoms with van der Waals surface area (Å²) < 4.78 is 5.37. The minimum absolute atomic E-state index is 0.295. The molecule has 0 atom stereocenters. The van der Waals surface area contributed by atoms with Crippen molar-refractivity contribution in [2.75, 3.05) is 13.2 Å². The second kappa shape index (κ2) is 5.41. The zero-order valence-electron chi connectivity index (χ0n) is 10.7. The summed E-state index contributed by atoms with van der Waals surface area (Å²) >= 11 is 0. The molecular weight excluding hydrogens is 238 g/mol. The highest BCUT2D eigenvalue weighted by Crippen LogP contribution is 2.30. The third-order valence-corrected chi connectivity index (χ3v) is 3.64. The Morgan fingerprint density at radius 3 is 2.53 bits per heavy atom. The van der Waals surface area contributed by atoms with Crippen LogP contribution in [0.25, 0.3) is 11.1 Å². The third kappa shape index (κ3) is 2.61. The maximum Gasteiger partial charge on any atom is 0.123 e. The normalized spacial score (nSPS) is 16.4.